The fourth-order valence-electron chi connectivity index (χ4n) is 1.28. The maximum atomic E-state index is 11.2. The van der Waals surface area contributed by atoms with Crippen molar-refractivity contribution in [1.82, 2.24) is 0 Å². The van der Waals surface area contributed by atoms with E-state index in [0.717, 1.165) is 0 Å². The van der Waals surface area contributed by atoms with Crippen molar-refractivity contribution >= 4 is 30.8 Å². The number of carbonyl (C=O) groups excluding carboxylic acids is 4. The zero-order valence-electron chi connectivity index (χ0n) is 8.46. The zero-order chi connectivity index (χ0) is 12.6. The van der Waals surface area contributed by atoms with Crippen molar-refractivity contribution < 1.29 is 37.8 Å². The molecule has 2 heterocycles. The summed E-state index contributed by atoms with van der Waals surface area (Å²) >= 11 is 0. The van der Waals surface area contributed by atoms with E-state index in [0.29, 0.717) is 0 Å². The van der Waals surface area contributed by atoms with E-state index in [2.05, 4.69) is 25.2 Å². The first kappa shape index (κ1) is 11.2. The molecule has 0 amide bonds. The first-order chi connectivity index (χ1) is 7.92. The Labute approximate surface area is 94.5 Å². The molecule has 2 saturated heterocycles. The highest BCUT2D eigenvalue weighted by molar-refractivity contribution is 6.64. The molecule has 0 aromatic rings. The molecule has 9 heteroatoms. The molecule has 0 aliphatic carbocycles. The van der Waals surface area contributed by atoms with Crippen LogP contribution in [0, 0.1) is 0 Å². The van der Waals surface area contributed by atoms with Crippen LogP contribution in [-0.4, -0.2) is 30.8 Å². The summed E-state index contributed by atoms with van der Waals surface area (Å²) in [4.78, 5) is 44.7. The second kappa shape index (κ2) is 3.61. The predicted molar refractivity (Wildman–Crippen MR) is 48.5 cm³/mol. The molecule has 0 atom stereocenters. The Bertz CT molecular complexity index is 412. The van der Waals surface area contributed by atoms with Crippen molar-refractivity contribution in [2.45, 2.75) is 12.8 Å². The summed E-state index contributed by atoms with van der Waals surface area (Å²) in [6, 6.07) is 0. The van der Waals surface area contributed by atoms with Gasteiger partial charge in [0.1, 0.15) is 5.57 Å². The summed E-state index contributed by atoms with van der Waals surface area (Å²) in [7, 11) is 0. The van der Waals surface area contributed by atoms with Gasteiger partial charge in [0.2, 0.25) is 0 Å². The minimum atomic E-state index is -3.48. The Morgan fingerprint density at radius 1 is 0.824 bits per heavy atom. The molecule has 2 aliphatic heterocycles. The summed E-state index contributed by atoms with van der Waals surface area (Å²) in [6.07, 6.45) is -0.503. The maximum absolute atomic E-state index is 11.2. The van der Waals surface area contributed by atoms with Gasteiger partial charge in [0, 0.05) is 0 Å². The van der Waals surface area contributed by atoms with Crippen molar-refractivity contribution in [3.63, 3.8) is 0 Å². The van der Waals surface area contributed by atoms with Crippen LogP contribution >= 0.6 is 0 Å². The lowest BCUT2D eigenvalue weighted by molar-refractivity contribution is -0.163. The molecule has 0 radical (unpaired) electrons. The van der Waals surface area contributed by atoms with E-state index in [9.17, 15) is 19.2 Å². The third kappa shape index (κ3) is 1.98. The van der Waals surface area contributed by atoms with Gasteiger partial charge in [-0.2, -0.15) is 0 Å². The molecule has 2 aliphatic rings. The highest BCUT2D eigenvalue weighted by Crippen LogP contribution is 2.24. The lowest BCUT2D eigenvalue weighted by Gasteiger charge is -2.39. The molecular weight excluding hydrogens is 235 g/mol. The quantitative estimate of drug-likeness (QED) is 0.300. The summed E-state index contributed by atoms with van der Waals surface area (Å²) in [6.45, 7) is -0.385. The van der Waals surface area contributed by atoms with E-state index in [-0.39, 0.29) is 12.8 Å². The normalized spacial score (nSPS) is 23.4. The lowest BCUT2D eigenvalue weighted by Crippen LogP contribution is -2.57. The van der Waals surface area contributed by atoms with Gasteiger partial charge in [0.25, 0.3) is 11.9 Å². The third-order valence-electron chi connectivity index (χ3n) is 2.08. The number of rotatable bonds is 0. The molecule has 0 aromatic heterocycles. The van der Waals surface area contributed by atoms with Crippen LogP contribution in [0.3, 0.4) is 0 Å². The fourth-order valence-corrected chi connectivity index (χ4v) is 1.28. The molecule has 0 unspecified atom stereocenters. The van der Waals surface area contributed by atoms with Gasteiger partial charge >= 0.3 is 18.9 Å². The summed E-state index contributed by atoms with van der Waals surface area (Å²) in [5.41, 5.74) is -0.575. The summed E-state index contributed by atoms with van der Waals surface area (Å²) in [5.74, 6) is -4.07. The maximum Gasteiger partial charge on any atom is 0.784 e. The third-order valence-corrected chi connectivity index (χ3v) is 2.08. The second-order valence-electron chi connectivity index (χ2n) is 3.35. The van der Waals surface area contributed by atoms with Crippen molar-refractivity contribution in [3.05, 3.63) is 12.2 Å². The predicted octanol–water partition coefficient (Wildman–Crippen LogP) is -1.04. The zero-order valence-corrected chi connectivity index (χ0v) is 8.46. The standard InChI is InChI=1S/C8H6BO8/c1-4-7(12)16-9(17-8(4)13)14-5(10)2-3-6(11)15-9/h1-3H2/q-1. The molecule has 2 fully saturated rings. The Hall–Kier alpha value is -2.32. The SMILES string of the molecule is C=C1C(=O)O[B-]2(OC(=O)CCC(=O)O2)OC1=O. The smallest absolute Gasteiger partial charge is 0.585 e. The molecular formula is C8H6BO8-. The van der Waals surface area contributed by atoms with E-state index in [1.807, 2.05) is 0 Å². The van der Waals surface area contributed by atoms with Gasteiger partial charge in [-0.3, -0.25) is 19.2 Å². The van der Waals surface area contributed by atoms with Gasteiger partial charge in [-0.05, 0) is 0 Å². The van der Waals surface area contributed by atoms with Crippen LogP contribution in [0.2, 0.25) is 0 Å². The Balaban J connectivity index is 2.31. The molecule has 0 saturated carbocycles. The molecule has 0 bridgehead atoms. The average Bonchev–Trinajstić information content (AvgIpc) is 2.35. The van der Waals surface area contributed by atoms with Crippen molar-refractivity contribution in [1.29, 1.82) is 0 Å². The van der Waals surface area contributed by atoms with Crippen molar-refractivity contribution in [2.24, 2.45) is 0 Å². The Kier molecular flexibility index (Phi) is 2.38. The van der Waals surface area contributed by atoms with Gasteiger partial charge < -0.3 is 18.6 Å². The van der Waals surface area contributed by atoms with Crippen LogP contribution in [0.15, 0.2) is 12.2 Å². The first-order valence-corrected chi connectivity index (χ1v) is 4.64. The Morgan fingerprint density at radius 2 is 1.24 bits per heavy atom. The molecule has 0 aromatic carbocycles. The van der Waals surface area contributed by atoms with Crippen LogP contribution in [0.25, 0.3) is 0 Å². The van der Waals surface area contributed by atoms with Gasteiger partial charge in [-0.15, -0.1) is 0 Å². The lowest BCUT2D eigenvalue weighted by atomic mass is 10.0. The van der Waals surface area contributed by atoms with E-state index >= 15 is 0 Å². The monoisotopic (exact) mass is 241 g/mol. The van der Waals surface area contributed by atoms with E-state index < -0.39 is 36.4 Å². The van der Waals surface area contributed by atoms with Gasteiger partial charge in [-0.25, -0.2) is 0 Å². The van der Waals surface area contributed by atoms with Crippen LogP contribution < -0.4 is 0 Å². The number of carbonyl (C=O) groups is 4. The molecule has 0 N–H and O–H groups in total. The van der Waals surface area contributed by atoms with E-state index in [1.165, 1.54) is 0 Å². The largest absolute Gasteiger partial charge is 0.784 e. The molecule has 90 valence electrons. The van der Waals surface area contributed by atoms with E-state index in [1.54, 1.807) is 0 Å². The van der Waals surface area contributed by atoms with Crippen LogP contribution in [0.5, 0.6) is 0 Å². The molecule has 8 nitrogen and oxygen atoms in total. The van der Waals surface area contributed by atoms with Crippen molar-refractivity contribution in [2.75, 3.05) is 0 Å². The molecule has 17 heavy (non-hydrogen) atoms. The highest BCUT2D eigenvalue weighted by atomic mass is 16.9. The van der Waals surface area contributed by atoms with Gasteiger partial charge in [0.05, 0.1) is 12.8 Å². The first-order valence-electron chi connectivity index (χ1n) is 4.64. The van der Waals surface area contributed by atoms with Gasteiger partial charge in [0.15, 0.2) is 0 Å². The minimum absolute atomic E-state index is 0.252. The van der Waals surface area contributed by atoms with E-state index in [4.69, 9.17) is 0 Å². The summed E-state index contributed by atoms with van der Waals surface area (Å²) < 4.78 is 18.1. The van der Waals surface area contributed by atoms with Crippen LogP contribution in [0.1, 0.15) is 12.8 Å². The van der Waals surface area contributed by atoms with Crippen molar-refractivity contribution in [3.8, 4) is 0 Å². The minimum Gasteiger partial charge on any atom is -0.585 e. The number of hydrogen-bond acceptors (Lipinski definition) is 8. The fraction of sp³-hybridized carbons (Fsp3) is 0.250. The topological polar surface area (TPSA) is 105 Å². The Morgan fingerprint density at radius 3 is 1.65 bits per heavy atom. The average molecular weight is 241 g/mol. The van der Waals surface area contributed by atoms with Crippen LogP contribution in [-0.2, 0) is 37.8 Å². The summed E-state index contributed by atoms with van der Waals surface area (Å²) in [5, 5.41) is 0. The van der Waals surface area contributed by atoms with Crippen LogP contribution in [0.4, 0.5) is 0 Å². The highest BCUT2D eigenvalue weighted by Gasteiger charge is 2.53. The number of hydrogen-bond donors (Lipinski definition) is 0. The molecule has 1 spiro atoms. The molecule has 2 rings (SSSR count). The second-order valence-corrected chi connectivity index (χ2v) is 3.35. The van der Waals surface area contributed by atoms with Gasteiger partial charge in [-0.1, -0.05) is 6.58 Å².